The lowest BCUT2D eigenvalue weighted by Crippen LogP contribution is -2.28. The first-order valence-corrected chi connectivity index (χ1v) is 11.8. The van der Waals surface area contributed by atoms with Crippen molar-refractivity contribution in [3.05, 3.63) is 33.5 Å². The molecule has 0 unspecified atom stereocenters. The Labute approximate surface area is 181 Å². The number of carbonyl (C=O) groups is 1. The molecule has 1 amide bonds. The number of fused-ring (bicyclic) bond motifs is 1. The Morgan fingerprint density at radius 3 is 2.69 bits per heavy atom. The van der Waals surface area contributed by atoms with Crippen molar-refractivity contribution in [3.8, 4) is 6.07 Å². The minimum atomic E-state index is -0.127. The zero-order valence-electron chi connectivity index (χ0n) is 17.8. The van der Waals surface area contributed by atoms with E-state index in [1.165, 1.54) is 16.6 Å². The summed E-state index contributed by atoms with van der Waals surface area (Å²) in [6, 6.07) is 4.24. The van der Waals surface area contributed by atoms with Crippen LogP contribution in [-0.4, -0.2) is 21.6 Å². The molecule has 0 saturated carbocycles. The largest absolute Gasteiger partial charge is 0.316 e. The molecule has 154 valence electrons. The summed E-state index contributed by atoms with van der Waals surface area (Å²) >= 11 is 2.90. The van der Waals surface area contributed by atoms with Gasteiger partial charge in [0, 0.05) is 16.3 Å². The fourth-order valence-electron chi connectivity index (χ4n) is 3.80. The van der Waals surface area contributed by atoms with Gasteiger partial charge in [-0.25, -0.2) is 9.97 Å². The van der Waals surface area contributed by atoms with Crippen LogP contribution in [0.15, 0.2) is 11.2 Å². The zero-order chi connectivity index (χ0) is 21.2. The first-order valence-electron chi connectivity index (χ1n) is 10.0. The molecule has 7 heteroatoms. The number of amides is 1. The molecule has 0 spiro atoms. The smallest absolute Gasteiger partial charge is 0.235 e. The van der Waals surface area contributed by atoms with Crippen molar-refractivity contribution >= 4 is 34.0 Å². The molecular weight excluding hydrogens is 400 g/mol. The Hall–Kier alpha value is -1.91. The van der Waals surface area contributed by atoms with Crippen molar-refractivity contribution in [2.45, 2.75) is 65.5 Å². The molecule has 0 saturated heterocycles. The van der Waals surface area contributed by atoms with Crippen LogP contribution >= 0.6 is 23.1 Å². The molecule has 2 heterocycles. The third-order valence-corrected chi connectivity index (χ3v) is 7.96. The second kappa shape index (κ2) is 8.85. The molecule has 29 heavy (non-hydrogen) atoms. The second-order valence-electron chi connectivity index (χ2n) is 8.37. The lowest BCUT2D eigenvalue weighted by Gasteiger charge is -2.36. The van der Waals surface area contributed by atoms with E-state index >= 15 is 0 Å². The van der Waals surface area contributed by atoms with Gasteiger partial charge in [0.1, 0.15) is 11.1 Å². The molecule has 3 rings (SSSR count). The van der Waals surface area contributed by atoms with E-state index in [-0.39, 0.29) is 11.7 Å². The summed E-state index contributed by atoms with van der Waals surface area (Å²) in [7, 11) is 0. The summed E-state index contributed by atoms with van der Waals surface area (Å²) in [5.41, 5.74) is 3.87. The third-order valence-electron chi connectivity index (χ3n) is 5.94. The number of hydrogen-bond acceptors (Lipinski definition) is 6. The van der Waals surface area contributed by atoms with Gasteiger partial charge in [0.05, 0.1) is 11.3 Å². The van der Waals surface area contributed by atoms with Gasteiger partial charge in [-0.3, -0.25) is 4.79 Å². The van der Waals surface area contributed by atoms with Gasteiger partial charge in [-0.1, -0.05) is 39.0 Å². The highest BCUT2D eigenvalue weighted by Crippen LogP contribution is 2.45. The van der Waals surface area contributed by atoms with Crippen LogP contribution < -0.4 is 5.32 Å². The van der Waals surface area contributed by atoms with E-state index in [9.17, 15) is 10.1 Å². The number of nitrogens with one attached hydrogen (secondary N) is 1. The normalized spacial score (nSPS) is 16.2. The zero-order valence-corrected chi connectivity index (χ0v) is 19.4. The fraction of sp³-hybridized carbons (Fsp3) is 0.545. The van der Waals surface area contributed by atoms with Gasteiger partial charge >= 0.3 is 0 Å². The Morgan fingerprint density at radius 1 is 1.38 bits per heavy atom. The number of anilines is 1. The maximum Gasteiger partial charge on any atom is 0.235 e. The number of carbonyl (C=O) groups excluding carboxylic acids is 1. The molecule has 1 N–H and O–H groups in total. The lowest BCUT2D eigenvalue weighted by atomic mass is 9.69. The third kappa shape index (κ3) is 4.99. The van der Waals surface area contributed by atoms with E-state index in [4.69, 9.17) is 0 Å². The van der Waals surface area contributed by atoms with Crippen LogP contribution in [0.3, 0.4) is 0 Å². The van der Waals surface area contributed by atoms with Gasteiger partial charge in [-0.15, -0.1) is 11.3 Å². The number of aryl methyl sites for hydroxylation is 2. The predicted octanol–water partition coefficient (Wildman–Crippen LogP) is 5.30. The topological polar surface area (TPSA) is 78.7 Å². The molecule has 5 nitrogen and oxygen atoms in total. The number of rotatable bonds is 6. The molecule has 1 aliphatic rings. The fourth-order valence-corrected chi connectivity index (χ4v) is 5.84. The molecule has 0 radical (unpaired) electrons. The summed E-state index contributed by atoms with van der Waals surface area (Å²) in [4.78, 5) is 22.5. The summed E-state index contributed by atoms with van der Waals surface area (Å²) in [6.45, 7) is 10.7. The van der Waals surface area contributed by atoms with Gasteiger partial charge in [-0.2, -0.15) is 5.26 Å². The first kappa shape index (κ1) is 21.8. The average molecular weight is 429 g/mol. The molecule has 0 bridgehead atoms. The maximum absolute atomic E-state index is 12.5. The molecule has 1 aliphatic carbocycles. The minimum absolute atomic E-state index is 0.127. The predicted molar refractivity (Wildman–Crippen MR) is 119 cm³/mol. The van der Waals surface area contributed by atoms with Crippen LogP contribution in [0.1, 0.15) is 61.0 Å². The SMILES string of the molecule is CCC(C)(C)[C@@H]1CCc2c(sc(NC(=O)CSc3nc(C)cc(C)n3)c2C#N)C1. The highest BCUT2D eigenvalue weighted by molar-refractivity contribution is 7.99. The molecule has 0 aromatic carbocycles. The molecule has 0 aliphatic heterocycles. The van der Waals surface area contributed by atoms with Crippen molar-refractivity contribution in [1.82, 2.24) is 9.97 Å². The van der Waals surface area contributed by atoms with Crippen molar-refractivity contribution < 1.29 is 4.79 Å². The van der Waals surface area contributed by atoms with Crippen LogP contribution in [-0.2, 0) is 17.6 Å². The minimum Gasteiger partial charge on any atom is -0.316 e. The Kier molecular flexibility index (Phi) is 6.65. The molecule has 1 atom stereocenters. The van der Waals surface area contributed by atoms with E-state index in [1.807, 2.05) is 19.9 Å². The van der Waals surface area contributed by atoms with Gasteiger partial charge in [0.15, 0.2) is 5.16 Å². The van der Waals surface area contributed by atoms with Gasteiger partial charge in [0.2, 0.25) is 5.91 Å². The quantitative estimate of drug-likeness (QED) is 0.499. The van der Waals surface area contributed by atoms with Gasteiger partial charge < -0.3 is 5.32 Å². The second-order valence-corrected chi connectivity index (χ2v) is 10.4. The number of thioether (sulfide) groups is 1. The van der Waals surface area contributed by atoms with E-state index < -0.39 is 0 Å². The highest BCUT2D eigenvalue weighted by Gasteiger charge is 2.34. The van der Waals surface area contributed by atoms with E-state index in [1.54, 1.807) is 11.3 Å². The standard InChI is InChI=1S/C22H28N4OS2/c1-6-22(4,5)15-7-8-16-17(11-23)20(29-18(16)10-15)26-19(27)12-28-21-24-13(2)9-14(3)25-21/h9,15H,6-8,10,12H2,1-5H3,(H,26,27)/t15-/m1/s1. The molecular formula is C22H28N4OS2. The highest BCUT2D eigenvalue weighted by atomic mass is 32.2. The Bertz CT molecular complexity index is 938. The Balaban J connectivity index is 1.70. The molecule has 0 fully saturated rings. The summed E-state index contributed by atoms with van der Waals surface area (Å²) in [5.74, 6) is 0.714. The van der Waals surface area contributed by atoms with Gasteiger partial charge in [0.25, 0.3) is 0 Å². The summed E-state index contributed by atoms with van der Waals surface area (Å²) < 4.78 is 0. The van der Waals surface area contributed by atoms with Crippen molar-refractivity contribution in [2.24, 2.45) is 11.3 Å². The van der Waals surface area contributed by atoms with Crippen LogP contribution in [0, 0.1) is 36.5 Å². The molecule has 2 aromatic rings. The van der Waals surface area contributed by atoms with Crippen LogP contribution in [0.2, 0.25) is 0 Å². The average Bonchev–Trinajstić information content (AvgIpc) is 3.01. The molecule has 2 aromatic heterocycles. The van der Waals surface area contributed by atoms with Crippen LogP contribution in [0.4, 0.5) is 5.00 Å². The van der Waals surface area contributed by atoms with Crippen LogP contribution in [0.5, 0.6) is 0 Å². The summed E-state index contributed by atoms with van der Waals surface area (Å²) in [5, 5.41) is 14.0. The number of thiophene rings is 1. The number of nitriles is 1. The number of hydrogen-bond donors (Lipinski definition) is 1. The summed E-state index contributed by atoms with van der Waals surface area (Å²) in [6.07, 6.45) is 4.16. The monoisotopic (exact) mass is 428 g/mol. The van der Waals surface area contributed by atoms with Crippen molar-refractivity contribution in [3.63, 3.8) is 0 Å². The maximum atomic E-state index is 12.5. The van der Waals surface area contributed by atoms with Crippen LogP contribution in [0.25, 0.3) is 0 Å². The van der Waals surface area contributed by atoms with E-state index in [0.717, 1.165) is 42.6 Å². The number of nitrogens with zero attached hydrogens (tertiary/aromatic N) is 3. The van der Waals surface area contributed by atoms with E-state index in [0.29, 0.717) is 27.1 Å². The first-order chi connectivity index (χ1) is 13.7. The van der Waals surface area contributed by atoms with Crippen molar-refractivity contribution in [1.29, 1.82) is 5.26 Å². The lowest BCUT2D eigenvalue weighted by molar-refractivity contribution is -0.113. The number of aromatic nitrogens is 2. The van der Waals surface area contributed by atoms with E-state index in [2.05, 4.69) is 42.1 Å². The van der Waals surface area contributed by atoms with Gasteiger partial charge in [-0.05, 0) is 56.1 Å². The Morgan fingerprint density at radius 2 is 2.07 bits per heavy atom. The van der Waals surface area contributed by atoms with Crippen molar-refractivity contribution in [2.75, 3.05) is 11.1 Å².